The highest BCUT2D eigenvalue weighted by atomic mass is 19.1. The minimum Gasteiger partial charge on any atom is -0.316 e. The Labute approximate surface area is 83.6 Å². The van der Waals surface area contributed by atoms with Crippen molar-refractivity contribution < 1.29 is 4.39 Å². The summed E-state index contributed by atoms with van der Waals surface area (Å²) in [6.07, 6.45) is 2.49. The van der Waals surface area contributed by atoms with Crippen molar-refractivity contribution in [2.45, 2.75) is 19.3 Å². The Balaban J connectivity index is 2.09. The number of aromatic nitrogens is 1. The quantitative estimate of drug-likeness (QED) is 0.778. The van der Waals surface area contributed by atoms with Gasteiger partial charge in [0.15, 0.2) is 0 Å². The number of hydrogen-bond donors (Lipinski definition) is 1. The zero-order valence-electron chi connectivity index (χ0n) is 8.33. The topological polar surface area (TPSA) is 24.9 Å². The molecule has 76 valence electrons. The predicted molar refractivity (Wildman–Crippen MR) is 53.6 cm³/mol. The Hall–Kier alpha value is -0.960. The molecule has 0 amide bonds. The van der Waals surface area contributed by atoms with Crippen molar-refractivity contribution in [2.24, 2.45) is 5.92 Å². The number of rotatable bonds is 2. The van der Waals surface area contributed by atoms with Gasteiger partial charge in [-0.05, 0) is 37.6 Å². The third kappa shape index (κ3) is 1.93. The van der Waals surface area contributed by atoms with Gasteiger partial charge in [-0.1, -0.05) is 6.92 Å². The third-order valence-corrected chi connectivity index (χ3v) is 3.02. The van der Waals surface area contributed by atoms with Crippen LogP contribution in [0.2, 0.25) is 0 Å². The van der Waals surface area contributed by atoms with Crippen LogP contribution in [0.4, 0.5) is 4.39 Å². The van der Waals surface area contributed by atoms with Crippen LogP contribution in [0.25, 0.3) is 0 Å². The SMILES string of the molecule is CC(c1ccc(F)cn1)C1CCNC1. The fourth-order valence-electron chi connectivity index (χ4n) is 2.00. The van der Waals surface area contributed by atoms with Gasteiger partial charge in [-0.25, -0.2) is 4.39 Å². The number of nitrogens with one attached hydrogen (secondary N) is 1. The van der Waals surface area contributed by atoms with Crippen molar-refractivity contribution >= 4 is 0 Å². The number of halogens is 1. The molecule has 0 bridgehead atoms. The van der Waals surface area contributed by atoms with Crippen LogP contribution in [0.5, 0.6) is 0 Å². The van der Waals surface area contributed by atoms with E-state index in [1.165, 1.54) is 18.7 Å². The van der Waals surface area contributed by atoms with E-state index in [1.807, 2.05) is 0 Å². The molecular weight excluding hydrogens is 179 g/mol. The van der Waals surface area contributed by atoms with Gasteiger partial charge < -0.3 is 5.32 Å². The van der Waals surface area contributed by atoms with E-state index in [4.69, 9.17) is 0 Å². The zero-order chi connectivity index (χ0) is 9.97. The maximum atomic E-state index is 12.7. The average Bonchev–Trinajstić information content (AvgIpc) is 2.71. The Bertz CT molecular complexity index is 291. The van der Waals surface area contributed by atoms with Gasteiger partial charge in [0.05, 0.1) is 6.20 Å². The van der Waals surface area contributed by atoms with Gasteiger partial charge in [0, 0.05) is 11.6 Å². The molecule has 0 radical (unpaired) electrons. The number of nitrogens with zero attached hydrogens (tertiary/aromatic N) is 1. The van der Waals surface area contributed by atoms with Crippen LogP contribution in [0.3, 0.4) is 0 Å². The first-order valence-electron chi connectivity index (χ1n) is 5.09. The molecule has 14 heavy (non-hydrogen) atoms. The summed E-state index contributed by atoms with van der Waals surface area (Å²) in [5.74, 6) is 0.809. The van der Waals surface area contributed by atoms with E-state index in [1.54, 1.807) is 6.07 Å². The van der Waals surface area contributed by atoms with Crippen LogP contribution in [0, 0.1) is 11.7 Å². The molecule has 1 aliphatic rings. The molecule has 2 heterocycles. The molecule has 0 aliphatic carbocycles. The van der Waals surface area contributed by atoms with E-state index < -0.39 is 0 Å². The maximum Gasteiger partial charge on any atom is 0.141 e. The molecule has 1 N–H and O–H groups in total. The summed E-state index contributed by atoms with van der Waals surface area (Å²) in [6, 6.07) is 3.28. The van der Waals surface area contributed by atoms with Crippen molar-refractivity contribution in [3.05, 3.63) is 29.8 Å². The summed E-state index contributed by atoms with van der Waals surface area (Å²) in [5, 5.41) is 3.33. The summed E-state index contributed by atoms with van der Waals surface area (Å²) in [4.78, 5) is 4.12. The number of hydrogen-bond acceptors (Lipinski definition) is 2. The second-order valence-electron chi connectivity index (χ2n) is 3.94. The molecule has 0 spiro atoms. The van der Waals surface area contributed by atoms with Crippen LogP contribution < -0.4 is 5.32 Å². The molecule has 1 aliphatic heterocycles. The molecule has 1 aromatic heterocycles. The molecule has 1 fully saturated rings. The largest absolute Gasteiger partial charge is 0.316 e. The first kappa shape index (κ1) is 9.59. The highest BCUT2D eigenvalue weighted by Crippen LogP contribution is 2.26. The average molecular weight is 194 g/mol. The van der Waals surface area contributed by atoms with Crippen molar-refractivity contribution in [1.82, 2.24) is 10.3 Å². The minimum absolute atomic E-state index is 0.259. The highest BCUT2D eigenvalue weighted by molar-refractivity contribution is 5.11. The van der Waals surface area contributed by atoms with Gasteiger partial charge in [-0.2, -0.15) is 0 Å². The van der Waals surface area contributed by atoms with Gasteiger partial charge in [0.1, 0.15) is 5.82 Å². The summed E-state index contributed by atoms with van der Waals surface area (Å²) in [6.45, 7) is 4.31. The van der Waals surface area contributed by atoms with E-state index in [-0.39, 0.29) is 5.82 Å². The lowest BCUT2D eigenvalue weighted by Gasteiger charge is -2.17. The Morgan fingerprint density at radius 1 is 1.57 bits per heavy atom. The molecule has 2 unspecified atom stereocenters. The van der Waals surface area contributed by atoms with Crippen molar-refractivity contribution in [1.29, 1.82) is 0 Å². The van der Waals surface area contributed by atoms with Gasteiger partial charge in [-0.15, -0.1) is 0 Å². The summed E-state index contributed by atoms with van der Waals surface area (Å²) in [5.41, 5.74) is 1.00. The van der Waals surface area contributed by atoms with Gasteiger partial charge >= 0.3 is 0 Å². The number of pyridine rings is 1. The molecular formula is C11H15FN2. The fraction of sp³-hybridized carbons (Fsp3) is 0.545. The van der Waals surface area contributed by atoms with Gasteiger partial charge in [0.25, 0.3) is 0 Å². The lowest BCUT2D eigenvalue weighted by molar-refractivity contribution is 0.476. The normalized spacial score (nSPS) is 23.7. The zero-order valence-corrected chi connectivity index (χ0v) is 8.33. The molecule has 1 aromatic rings. The molecule has 2 nitrogen and oxygen atoms in total. The van der Waals surface area contributed by atoms with E-state index in [0.29, 0.717) is 11.8 Å². The van der Waals surface area contributed by atoms with Crippen LogP contribution in [-0.2, 0) is 0 Å². The summed E-state index contributed by atoms with van der Waals surface area (Å²) in [7, 11) is 0. The molecule has 3 heteroatoms. The third-order valence-electron chi connectivity index (χ3n) is 3.02. The predicted octanol–water partition coefficient (Wildman–Crippen LogP) is 1.93. The molecule has 0 aromatic carbocycles. The van der Waals surface area contributed by atoms with Gasteiger partial charge in [-0.3, -0.25) is 4.98 Å². The molecule has 1 saturated heterocycles. The standard InChI is InChI=1S/C11H15FN2/c1-8(9-4-5-13-6-9)11-3-2-10(12)7-14-11/h2-3,7-9,13H,4-6H2,1H3. The van der Waals surface area contributed by atoms with Crippen molar-refractivity contribution in [3.8, 4) is 0 Å². The highest BCUT2D eigenvalue weighted by Gasteiger charge is 2.23. The minimum atomic E-state index is -0.259. The second-order valence-corrected chi connectivity index (χ2v) is 3.94. The Morgan fingerprint density at radius 3 is 3.00 bits per heavy atom. The smallest absolute Gasteiger partial charge is 0.141 e. The van der Waals surface area contributed by atoms with Crippen LogP contribution in [0.15, 0.2) is 18.3 Å². The lowest BCUT2D eigenvalue weighted by atomic mass is 9.90. The van der Waals surface area contributed by atoms with Crippen LogP contribution >= 0.6 is 0 Å². The van der Waals surface area contributed by atoms with E-state index in [2.05, 4.69) is 17.2 Å². The maximum absolute atomic E-state index is 12.7. The Kier molecular flexibility index (Phi) is 2.77. The van der Waals surface area contributed by atoms with E-state index >= 15 is 0 Å². The van der Waals surface area contributed by atoms with Gasteiger partial charge in [0.2, 0.25) is 0 Å². The molecule has 0 saturated carbocycles. The van der Waals surface area contributed by atoms with Crippen molar-refractivity contribution in [3.63, 3.8) is 0 Å². The van der Waals surface area contributed by atoms with E-state index in [9.17, 15) is 4.39 Å². The first-order valence-corrected chi connectivity index (χ1v) is 5.09. The van der Waals surface area contributed by atoms with Crippen molar-refractivity contribution in [2.75, 3.05) is 13.1 Å². The molecule has 2 rings (SSSR count). The lowest BCUT2D eigenvalue weighted by Crippen LogP contribution is -2.15. The van der Waals surface area contributed by atoms with Crippen LogP contribution in [-0.4, -0.2) is 18.1 Å². The van der Waals surface area contributed by atoms with Crippen LogP contribution in [0.1, 0.15) is 25.0 Å². The summed E-state index contributed by atoms with van der Waals surface area (Å²) >= 11 is 0. The second kappa shape index (κ2) is 4.05. The van der Waals surface area contributed by atoms with E-state index in [0.717, 1.165) is 18.8 Å². The Morgan fingerprint density at radius 2 is 2.43 bits per heavy atom. The fourth-order valence-corrected chi connectivity index (χ4v) is 2.00. The first-order chi connectivity index (χ1) is 6.77. The molecule has 2 atom stereocenters. The monoisotopic (exact) mass is 194 g/mol. The summed E-state index contributed by atoms with van der Waals surface area (Å²) < 4.78 is 12.7.